The van der Waals surface area contributed by atoms with Crippen LogP contribution in [0.1, 0.15) is 38.3 Å². The van der Waals surface area contributed by atoms with Gasteiger partial charge in [0.05, 0.1) is 12.7 Å². The molecule has 29 heavy (non-hydrogen) atoms. The standard InChI is InChI=1S/C20H24N4O4S/c1-20(2)15(19(27)28-11-7-6-10-21)24-17(26)14(18(24)29-20)23-16(25)13(22)12-8-4-3-5-9-12/h3-5,8-9,13-15,18H,6-7,11,22H2,1-2H3,(H,23,25)/t13-,14-,15?,18?/m1/s1. The molecule has 2 amide bonds. The number of nitriles is 1. The zero-order chi connectivity index (χ0) is 21.2. The summed E-state index contributed by atoms with van der Waals surface area (Å²) in [5.74, 6) is -1.24. The normalized spacial score (nSPS) is 25.4. The van der Waals surface area contributed by atoms with Crippen molar-refractivity contribution in [2.45, 2.75) is 54.9 Å². The summed E-state index contributed by atoms with van der Waals surface area (Å²) in [6, 6.07) is 8.59. The molecule has 2 aliphatic heterocycles. The average molecular weight is 417 g/mol. The van der Waals surface area contributed by atoms with Gasteiger partial charge in [-0.1, -0.05) is 30.3 Å². The predicted octanol–water partition coefficient (Wildman–Crippen LogP) is 1.08. The molecular formula is C20H24N4O4S. The van der Waals surface area contributed by atoms with E-state index in [2.05, 4.69) is 5.32 Å². The summed E-state index contributed by atoms with van der Waals surface area (Å²) < 4.78 is 4.71. The van der Waals surface area contributed by atoms with Crippen molar-refractivity contribution < 1.29 is 19.1 Å². The molecule has 3 rings (SSSR count). The highest BCUT2D eigenvalue weighted by Crippen LogP contribution is 2.51. The zero-order valence-corrected chi connectivity index (χ0v) is 17.1. The molecule has 154 valence electrons. The van der Waals surface area contributed by atoms with Crippen LogP contribution in [0.15, 0.2) is 30.3 Å². The number of hydrogen-bond donors (Lipinski definition) is 2. The molecule has 2 fully saturated rings. The number of amides is 2. The number of carbonyl (C=O) groups is 3. The van der Waals surface area contributed by atoms with Crippen LogP contribution in [0.5, 0.6) is 0 Å². The number of β-lactam (4-membered cyclic amide) rings is 1. The molecule has 0 bridgehead atoms. The number of rotatable bonds is 7. The minimum absolute atomic E-state index is 0.141. The fourth-order valence-corrected chi connectivity index (χ4v) is 5.20. The molecule has 9 heteroatoms. The Labute approximate surface area is 173 Å². The van der Waals surface area contributed by atoms with Gasteiger partial charge >= 0.3 is 5.97 Å². The maximum absolute atomic E-state index is 12.7. The smallest absolute Gasteiger partial charge is 0.330 e. The zero-order valence-electron chi connectivity index (χ0n) is 16.3. The second-order valence-electron chi connectivity index (χ2n) is 7.56. The molecule has 0 aliphatic carbocycles. The van der Waals surface area contributed by atoms with Gasteiger partial charge < -0.3 is 20.7 Å². The van der Waals surface area contributed by atoms with Crippen molar-refractivity contribution in [2.75, 3.05) is 6.61 Å². The Hall–Kier alpha value is -2.57. The van der Waals surface area contributed by atoms with E-state index in [4.69, 9.17) is 15.7 Å². The lowest BCUT2D eigenvalue weighted by molar-refractivity contribution is -0.164. The number of fused-ring (bicyclic) bond motifs is 1. The predicted molar refractivity (Wildman–Crippen MR) is 107 cm³/mol. The number of nitrogens with two attached hydrogens (primary N) is 1. The molecule has 0 aromatic heterocycles. The van der Waals surface area contributed by atoms with Crippen LogP contribution in [0.2, 0.25) is 0 Å². The lowest BCUT2D eigenvalue weighted by Gasteiger charge is -2.44. The Kier molecular flexibility index (Phi) is 6.15. The van der Waals surface area contributed by atoms with Crippen LogP contribution in [-0.2, 0) is 19.1 Å². The van der Waals surface area contributed by atoms with Crippen LogP contribution in [0.25, 0.3) is 0 Å². The van der Waals surface area contributed by atoms with Crippen molar-refractivity contribution in [3.05, 3.63) is 35.9 Å². The highest BCUT2D eigenvalue weighted by molar-refractivity contribution is 8.01. The molecule has 0 radical (unpaired) electrons. The minimum Gasteiger partial charge on any atom is -0.464 e. The fraction of sp³-hybridized carbons (Fsp3) is 0.500. The van der Waals surface area contributed by atoms with E-state index in [1.54, 1.807) is 24.3 Å². The molecule has 0 spiro atoms. The molecule has 2 aliphatic rings. The van der Waals surface area contributed by atoms with E-state index in [1.807, 2.05) is 26.0 Å². The lowest BCUT2D eigenvalue weighted by Crippen LogP contribution is -2.71. The number of nitrogens with one attached hydrogen (secondary N) is 1. The van der Waals surface area contributed by atoms with Gasteiger partial charge in [0.1, 0.15) is 23.5 Å². The second-order valence-corrected chi connectivity index (χ2v) is 9.33. The molecule has 2 saturated heterocycles. The van der Waals surface area contributed by atoms with E-state index in [0.29, 0.717) is 18.4 Å². The number of ether oxygens (including phenoxy) is 1. The molecule has 8 nitrogen and oxygen atoms in total. The van der Waals surface area contributed by atoms with Gasteiger partial charge in [0, 0.05) is 11.2 Å². The maximum atomic E-state index is 12.7. The van der Waals surface area contributed by atoms with E-state index in [9.17, 15) is 14.4 Å². The number of unbranched alkanes of at least 4 members (excludes halogenated alkanes) is 1. The number of nitrogens with zero attached hydrogens (tertiary/aromatic N) is 2. The van der Waals surface area contributed by atoms with Crippen molar-refractivity contribution in [3.63, 3.8) is 0 Å². The number of thioether (sulfide) groups is 1. The van der Waals surface area contributed by atoms with E-state index in [-0.39, 0.29) is 17.9 Å². The van der Waals surface area contributed by atoms with Gasteiger partial charge in [-0.3, -0.25) is 9.59 Å². The average Bonchev–Trinajstić information content (AvgIpc) is 2.97. The largest absolute Gasteiger partial charge is 0.464 e. The number of carbonyl (C=O) groups excluding carboxylic acids is 3. The lowest BCUT2D eigenvalue weighted by atomic mass is 9.95. The Morgan fingerprint density at radius 1 is 1.38 bits per heavy atom. The number of esters is 1. The first-order chi connectivity index (χ1) is 13.8. The molecule has 3 N–H and O–H groups in total. The van der Waals surface area contributed by atoms with Crippen molar-refractivity contribution in [1.82, 2.24) is 10.2 Å². The molecule has 2 heterocycles. The van der Waals surface area contributed by atoms with Crippen molar-refractivity contribution in [2.24, 2.45) is 5.73 Å². The van der Waals surface area contributed by atoms with Crippen molar-refractivity contribution >= 4 is 29.5 Å². The van der Waals surface area contributed by atoms with Gasteiger partial charge in [-0.05, 0) is 25.8 Å². The summed E-state index contributed by atoms with van der Waals surface area (Å²) in [5.41, 5.74) is 6.67. The maximum Gasteiger partial charge on any atom is 0.330 e. The summed E-state index contributed by atoms with van der Waals surface area (Å²) in [4.78, 5) is 39.3. The third kappa shape index (κ3) is 4.09. The van der Waals surface area contributed by atoms with E-state index in [0.717, 1.165) is 0 Å². The van der Waals surface area contributed by atoms with Crippen LogP contribution in [0.3, 0.4) is 0 Å². The fourth-order valence-electron chi connectivity index (χ4n) is 3.58. The summed E-state index contributed by atoms with van der Waals surface area (Å²) in [6.45, 7) is 3.89. The third-order valence-electron chi connectivity index (χ3n) is 5.08. The summed E-state index contributed by atoms with van der Waals surface area (Å²) in [7, 11) is 0. The quantitative estimate of drug-likeness (QED) is 0.387. The Balaban J connectivity index is 1.64. The number of hydrogen-bond acceptors (Lipinski definition) is 7. The molecule has 1 aromatic carbocycles. The van der Waals surface area contributed by atoms with Gasteiger partial charge in [0.15, 0.2) is 0 Å². The van der Waals surface area contributed by atoms with E-state index in [1.165, 1.54) is 16.7 Å². The monoisotopic (exact) mass is 416 g/mol. The molecule has 2 unspecified atom stereocenters. The van der Waals surface area contributed by atoms with E-state index < -0.39 is 34.7 Å². The van der Waals surface area contributed by atoms with Crippen LogP contribution in [-0.4, -0.2) is 51.5 Å². The van der Waals surface area contributed by atoms with Gasteiger partial charge in [-0.2, -0.15) is 5.26 Å². The van der Waals surface area contributed by atoms with Crippen LogP contribution < -0.4 is 11.1 Å². The summed E-state index contributed by atoms with van der Waals surface area (Å²) in [5, 5.41) is 11.0. The SMILES string of the molecule is CC1(C)SC2[C@H](NC(=O)[C@H](N)c3ccccc3)C(=O)N2C1C(=O)OCCCC#N. The van der Waals surface area contributed by atoms with Crippen LogP contribution in [0, 0.1) is 11.3 Å². The van der Waals surface area contributed by atoms with Crippen LogP contribution >= 0.6 is 11.8 Å². The first-order valence-corrected chi connectivity index (χ1v) is 10.3. The molecule has 4 atom stereocenters. The van der Waals surface area contributed by atoms with Crippen molar-refractivity contribution in [3.8, 4) is 6.07 Å². The van der Waals surface area contributed by atoms with Gasteiger partial charge in [0.25, 0.3) is 0 Å². The van der Waals surface area contributed by atoms with Crippen molar-refractivity contribution in [1.29, 1.82) is 5.26 Å². The van der Waals surface area contributed by atoms with Crippen LogP contribution in [0.4, 0.5) is 0 Å². The molecule has 1 aromatic rings. The van der Waals surface area contributed by atoms with Gasteiger partial charge in [0.2, 0.25) is 11.8 Å². The highest BCUT2D eigenvalue weighted by Gasteiger charge is 2.64. The second kappa shape index (κ2) is 8.43. The molecule has 0 saturated carbocycles. The summed E-state index contributed by atoms with van der Waals surface area (Å²) >= 11 is 1.46. The van der Waals surface area contributed by atoms with Gasteiger partial charge in [-0.25, -0.2) is 4.79 Å². The summed E-state index contributed by atoms with van der Waals surface area (Å²) in [6.07, 6.45) is 0.757. The Morgan fingerprint density at radius 2 is 2.07 bits per heavy atom. The first kappa shape index (κ1) is 21.1. The third-order valence-corrected chi connectivity index (χ3v) is 6.65. The Bertz CT molecular complexity index is 839. The van der Waals surface area contributed by atoms with Gasteiger partial charge in [-0.15, -0.1) is 11.8 Å². The minimum atomic E-state index is -0.877. The Morgan fingerprint density at radius 3 is 2.72 bits per heavy atom. The number of benzene rings is 1. The first-order valence-electron chi connectivity index (χ1n) is 9.42. The highest BCUT2D eigenvalue weighted by atomic mass is 32.2. The van der Waals surface area contributed by atoms with E-state index >= 15 is 0 Å². The topological polar surface area (TPSA) is 126 Å². The molecular weight excluding hydrogens is 392 g/mol.